The van der Waals surface area contributed by atoms with Crippen molar-refractivity contribution in [2.45, 2.75) is 25.3 Å². The van der Waals surface area contributed by atoms with Gasteiger partial charge in [-0.3, -0.25) is 4.79 Å². The number of nitrogen functional groups attached to an aromatic ring is 1. The van der Waals surface area contributed by atoms with Crippen molar-refractivity contribution in [1.29, 1.82) is 0 Å². The van der Waals surface area contributed by atoms with Gasteiger partial charge in [0.15, 0.2) is 0 Å². The molecule has 1 amide bonds. The number of benzene rings is 1. The van der Waals surface area contributed by atoms with Gasteiger partial charge in [-0.05, 0) is 23.6 Å². The molecule has 1 aromatic rings. The second-order valence-corrected chi connectivity index (χ2v) is 5.99. The second-order valence-electron chi connectivity index (χ2n) is 4.99. The molecule has 108 valence electrons. The van der Waals surface area contributed by atoms with E-state index in [0.29, 0.717) is 23.7 Å². The smallest absolute Gasteiger partial charge is 0.327 e. The summed E-state index contributed by atoms with van der Waals surface area (Å²) < 4.78 is 0. The number of carbonyl (C=O) groups is 2. The minimum Gasteiger partial charge on any atom is -0.480 e. The summed E-state index contributed by atoms with van der Waals surface area (Å²) in [7, 11) is 0. The first-order valence-corrected chi connectivity index (χ1v) is 7.60. The SMILES string of the molecule is CC(CC(=O)N1CSC[C@H]1C(=O)O)c1ccc(N)cc1. The number of nitrogens with two attached hydrogens (primary N) is 1. The standard InChI is InChI=1S/C14H18N2O3S/c1-9(10-2-4-11(15)5-3-10)6-13(17)16-8-20-7-12(16)14(18)19/h2-5,9,12H,6-8,15H2,1H3,(H,18,19)/t9?,12-/m0/s1. The molecule has 0 aliphatic carbocycles. The van der Waals surface area contributed by atoms with Gasteiger partial charge in [0.25, 0.3) is 0 Å². The zero-order valence-corrected chi connectivity index (χ0v) is 12.1. The molecule has 1 fully saturated rings. The molecule has 5 nitrogen and oxygen atoms in total. The van der Waals surface area contributed by atoms with Crippen LogP contribution in [0.3, 0.4) is 0 Å². The van der Waals surface area contributed by atoms with Crippen LogP contribution in [0.4, 0.5) is 5.69 Å². The molecule has 1 aliphatic rings. The molecule has 1 unspecified atom stereocenters. The Morgan fingerprint density at radius 1 is 1.45 bits per heavy atom. The molecule has 0 aromatic heterocycles. The fraction of sp³-hybridized carbons (Fsp3) is 0.429. The maximum atomic E-state index is 12.2. The first-order chi connectivity index (χ1) is 9.49. The Morgan fingerprint density at radius 3 is 2.70 bits per heavy atom. The van der Waals surface area contributed by atoms with E-state index >= 15 is 0 Å². The third-order valence-corrected chi connectivity index (χ3v) is 4.49. The lowest BCUT2D eigenvalue weighted by Crippen LogP contribution is -2.42. The predicted octanol–water partition coefficient (Wildman–Crippen LogP) is 1.75. The van der Waals surface area contributed by atoms with E-state index in [2.05, 4.69) is 0 Å². The summed E-state index contributed by atoms with van der Waals surface area (Å²) in [5, 5.41) is 9.09. The highest BCUT2D eigenvalue weighted by Crippen LogP contribution is 2.26. The van der Waals surface area contributed by atoms with E-state index in [1.807, 2.05) is 31.2 Å². The predicted molar refractivity (Wildman–Crippen MR) is 79.5 cm³/mol. The topological polar surface area (TPSA) is 83.6 Å². The molecule has 1 heterocycles. The number of carboxylic acids is 1. The fourth-order valence-electron chi connectivity index (χ4n) is 2.21. The van der Waals surface area contributed by atoms with Crippen LogP contribution < -0.4 is 5.73 Å². The van der Waals surface area contributed by atoms with Crippen LogP contribution in [0.5, 0.6) is 0 Å². The van der Waals surface area contributed by atoms with Crippen molar-refractivity contribution in [2.75, 3.05) is 17.4 Å². The largest absolute Gasteiger partial charge is 0.480 e. The first kappa shape index (κ1) is 14.7. The number of hydrogen-bond acceptors (Lipinski definition) is 4. The molecule has 0 spiro atoms. The molecule has 1 saturated heterocycles. The van der Waals surface area contributed by atoms with Crippen molar-refractivity contribution in [3.8, 4) is 0 Å². The average molecular weight is 294 g/mol. The van der Waals surface area contributed by atoms with Crippen molar-refractivity contribution >= 4 is 29.3 Å². The fourth-order valence-corrected chi connectivity index (χ4v) is 3.39. The van der Waals surface area contributed by atoms with Crippen LogP contribution in [0.25, 0.3) is 0 Å². The summed E-state index contributed by atoms with van der Waals surface area (Å²) in [6, 6.07) is 6.73. The van der Waals surface area contributed by atoms with Gasteiger partial charge in [0.1, 0.15) is 6.04 Å². The minimum atomic E-state index is -0.927. The van der Waals surface area contributed by atoms with Crippen LogP contribution in [0.2, 0.25) is 0 Å². The number of rotatable bonds is 4. The molecule has 2 atom stereocenters. The molecule has 6 heteroatoms. The quantitative estimate of drug-likeness (QED) is 0.827. The Balaban J connectivity index is 2.00. The molecule has 1 aromatic carbocycles. The highest BCUT2D eigenvalue weighted by atomic mass is 32.2. The minimum absolute atomic E-state index is 0.0446. The molecule has 0 radical (unpaired) electrons. The van der Waals surface area contributed by atoms with Gasteiger partial charge in [0.05, 0.1) is 5.88 Å². The Morgan fingerprint density at radius 2 is 2.10 bits per heavy atom. The normalized spacial score (nSPS) is 19.9. The van der Waals surface area contributed by atoms with Crippen molar-refractivity contribution in [3.05, 3.63) is 29.8 Å². The van der Waals surface area contributed by atoms with E-state index in [9.17, 15) is 9.59 Å². The van der Waals surface area contributed by atoms with Gasteiger partial charge in [0.2, 0.25) is 5.91 Å². The molecule has 0 saturated carbocycles. The van der Waals surface area contributed by atoms with Gasteiger partial charge in [-0.15, -0.1) is 11.8 Å². The van der Waals surface area contributed by atoms with Crippen molar-refractivity contribution in [1.82, 2.24) is 4.90 Å². The lowest BCUT2D eigenvalue weighted by Gasteiger charge is -2.22. The third kappa shape index (κ3) is 3.25. The van der Waals surface area contributed by atoms with Crippen molar-refractivity contribution in [3.63, 3.8) is 0 Å². The van der Waals surface area contributed by atoms with E-state index in [1.54, 1.807) is 0 Å². The Hall–Kier alpha value is -1.69. The Bertz CT molecular complexity index is 504. The van der Waals surface area contributed by atoms with Crippen molar-refractivity contribution < 1.29 is 14.7 Å². The number of nitrogens with zero attached hydrogens (tertiary/aromatic N) is 1. The summed E-state index contributed by atoms with van der Waals surface area (Å²) >= 11 is 1.48. The molecular formula is C14H18N2O3S. The van der Waals surface area contributed by atoms with Crippen LogP contribution >= 0.6 is 11.8 Å². The summed E-state index contributed by atoms with van der Waals surface area (Å²) in [6.07, 6.45) is 0.314. The number of carbonyl (C=O) groups excluding carboxylic acids is 1. The first-order valence-electron chi connectivity index (χ1n) is 6.44. The highest BCUT2D eigenvalue weighted by Gasteiger charge is 2.34. The summed E-state index contributed by atoms with van der Waals surface area (Å²) in [6.45, 7) is 1.96. The van der Waals surface area contributed by atoms with E-state index in [0.717, 1.165) is 5.56 Å². The maximum Gasteiger partial charge on any atom is 0.327 e. The molecule has 3 N–H and O–H groups in total. The summed E-state index contributed by atoms with van der Waals surface area (Å²) in [5.74, 6) is -0.0555. The number of carboxylic acid groups (broad SMARTS) is 1. The molecule has 1 aliphatic heterocycles. The average Bonchev–Trinajstić information content (AvgIpc) is 2.88. The Labute approximate surface area is 122 Å². The second kappa shape index (κ2) is 6.17. The lowest BCUT2D eigenvalue weighted by molar-refractivity contribution is -0.147. The van der Waals surface area contributed by atoms with E-state index in [1.165, 1.54) is 16.7 Å². The van der Waals surface area contributed by atoms with Gasteiger partial charge in [-0.2, -0.15) is 0 Å². The maximum absolute atomic E-state index is 12.2. The Kier molecular flexibility index (Phi) is 4.54. The van der Waals surface area contributed by atoms with Crippen LogP contribution in [-0.4, -0.2) is 39.6 Å². The number of aliphatic carboxylic acids is 1. The van der Waals surface area contributed by atoms with E-state index < -0.39 is 12.0 Å². The van der Waals surface area contributed by atoms with Gasteiger partial charge in [-0.25, -0.2) is 4.79 Å². The van der Waals surface area contributed by atoms with Crippen LogP contribution in [0.15, 0.2) is 24.3 Å². The summed E-state index contributed by atoms with van der Waals surface area (Å²) in [4.78, 5) is 24.8. The van der Waals surface area contributed by atoms with E-state index in [-0.39, 0.29) is 11.8 Å². The van der Waals surface area contributed by atoms with Crippen LogP contribution in [0.1, 0.15) is 24.8 Å². The third-order valence-electron chi connectivity index (χ3n) is 3.47. The number of anilines is 1. The molecule has 20 heavy (non-hydrogen) atoms. The van der Waals surface area contributed by atoms with Gasteiger partial charge in [0, 0.05) is 17.9 Å². The number of amides is 1. The summed E-state index contributed by atoms with van der Waals surface area (Å²) in [5.41, 5.74) is 7.36. The molecular weight excluding hydrogens is 276 g/mol. The van der Waals surface area contributed by atoms with Gasteiger partial charge < -0.3 is 15.7 Å². The zero-order valence-electron chi connectivity index (χ0n) is 11.3. The van der Waals surface area contributed by atoms with Crippen molar-refractivity contribution in [2.24, 2.45) is 0 Å². The molecule has 2 rings (SSSR count). The number of thioether (sulfide) groups is 1. The van der Waals surface area contributed by atoms with Crippen LogP contribution in [0, 0.1) is 0 Å². The molecule has 0 bridgehead atoms. The van der Waals surface area contributed by atoms with Crippen LogP contribution in [-0.2, 0) is 9.59 Å². The van der Waals surface area contributed by atoms with E-state index in [4.69, 9.17) is 10.8 Å². The lowest BCUT2D eigenvalue weighted by atomic mass is 9.97. The zero-order chi connectivity index (χ0) is 14.7. The van der Waals surface area contributed by atoms with Gasteiger partial charge >= 0.3 is 5.97 Å². The highest BCUT2D eigenvalue weighted by molar-refractivity contribution is 7.99. The number of hydrogen-bond donors (Lipinski definition) is 2. The monoisotopic (exact) mass is 294 g/mol. The van der Waals surface area contributed by atoms with Gasteiger partial charge in [-0.1, -0.05) is 19.1 Å².